The summed E-state index contributed by atoms with van der Waals surface area (Å²) in [7, 11) is 0. The molecule has 0 saturated carbocycles. The van der Waals surface area contributed by atoms with Gasteiger partial charge in [0, 0.05) is 5.75 Å². The second-order valence-corrected chi connectivity index (χ2v) is 5.39. The summed E-state index contributed by atoms with van der Waals surface area (Å²) in [6.07, 6.45) is -0.432. The van der Waals surface area contributed by atoms with Crippen LogP contribution in [-0.2, 0) is 20.0 Å². The molecule has 0 radical (unpaired) electrons. The number of hydrogen-bond acceptors (Lipinski definition) is 4. The van der Waals surface area contributed by atoms with Gasteiger partial charge in [0.25, 0.3) is 0 Å². The molecule has 0 aliphatic carbocycles. The number of rotatable bonds is 3. The monoisotopic (exact) mass is 252 g/mol. The summed E-state index contributed by atoms with van der Waals surface area (Å²) < 4.78 is 10.9. The normalized spacial score (nSPS) is 22.6. The quantitative estimate of drug-likeness (QED) is 0.828. The molecule has 0 bridgehead atoms. The molecule has 17 heavy (non-hydrogen) atoms. The van der Waals surface area contributed by atoms with E-state index in [2.05, 4.69) is 0 Å². The molecule has 92 valence electrons. The number of thioether (sulfide) groups is 1. The molecule has 0 spiro atoms. The minimum atomic E-state index is -0.631. The van der Waals surface area contributed by atoms with Crippen LogP contribution < -0.4 is 0 Å². The van der Waals surface area contributed by atoms with Gasteiger partial charge in [0.05, 0.1) is 6.61 Å². The van der Waals surface area contributed by atoms with Gasteiger partial charge in [-0.15, -0.1) is 0 Å². The fraction of sp³-hybridized carbons (Fsp3) is 0.462. The molecule has 1 aromatic rings. The zero-order valence-corrected chi connectivity index (χ0v) is 10.8. The first kappa shape index (κ1) is 12.6. The Labute approximate surface area is 105 Å². The molecule has 1 heterocycles. The second-order valence-electron chi connectivity index (χ2n) is 4.41. The summed E-state index contributed by atoms with van der Waals surface area (Å²) in [6.45, 7) is 4.00. The van der Waals surface area contributed by atoms with E-state index in [4.69, 9.17) is 9.47 Å². The Morgan fingerprint density at radius 2 is 2.12 bits per heavy atom. The Morgan fingerprint density at radius 1 is 1.41 bits per heavy atom. The van der Waals surface area contributed by atoms with Crippen molar-refractivity contribution in [2.75, 3.05) is 6.61 Å². The zero-order valence-electron chi connectivity index (χ0n) is 10.0. The number of carbonyl (C=O) groups is 1. The maximum absolute atomic E-state index is 11.9. The standard InChI is InChI=1S/C13H16O3S/c1-13(2)15-8-11(16-13)12(14)17-9-10-6-4-3-5-7-10/h3-7,11H,8-9H2,1-2H3/t11-/m1/s1. The molecule has 0 aromatic heterocycles. The van der Waals surface area contributed by atoms with E-state index in [0.717, 1.165) is 5.56 Å². The second kappa shape index (κ2) is 5.21. The van der Waals surface area contributed by atoms with Gasteiger partial charge in [-0.1, -0.05) is 42.1 Å². The van der Waals surface area contributed by atoms with Crippen molar-refractivity contribution in [1.29, 1.82) is 0 Å². The average Bonchev–Trinajstić information content (AvgIpc) is 2.68. The smallest absolute Gasteiger partial charge is 0.220 e. The Balaban J connectivity index is 1.83. The topological polar surface area (TPSA) is 35.5 Å². The maximum Gasteiger partial charge on any atom is 0.220 e. The van der Waals surface area contributed by atoms with E-state index >= 15 is 0 Å². The molecule has 1 aromatic carbocycles. The number of carbonyl (C=O) groups excluding carboxylic acids is 1. The van der Waals surface area contributed by atoms with Gasteiger partial charge >= 0.3 is 0 Å². The van der Waals surface area contributed by atoms with Crippen LogP contribution in [0.25, 0.3) is 0 Å². The van der Waals surface area contributed by atoms with Gasteiger partial charge in [-0.3, -0.25) is 4.79 Å². The van der Waals surface area contributed by atoms with E-state index < -0.39 is 11.9 Å². The maximum atomic E-state index is 11.9. The molecule has 0 N–H and O–H groups in total. The minimum Gasteiger partial charge on any atom is -0.347 e. The van der Waals surface area contributed by atoms with E-state index in [1.165, 1.54) is 11.8 Å². The van der Waals surface area contributed by atoms with Crippen LogP contribution in [0.5, 0.6) is 0 Å². The molecule has 1 fully saturated rings. The largest absolute Gasteiger partial charge is 0.347 e. The predicted molar refractivity (Wildman–Crippen MR) is 67.6 cm³/mol. The first-order chi connectivity index (χ1) is 8.07. The molecular weight excluding hydrogens is 236 g/mol. The van der Waals surface area contributed by atoms with Gasteiger partial charge in [0.15, 0.2) is 11.9 Å². The van der Waals surface area contributed by atoms with Gasteiger partial charge in [0.1, 0.15) is 0 Å². The van der Waals surface area contributed by atoms with Crippen molar-refractivity contribution in [3.8, 4) is 0 Å². The van der Waals surface area contributed by atoms with Crippen molar-refractivity contribution >= 4 is 16.9 Å². The van der Waals surface area contributed by atoms with E-state index in [1.807, 2.05) is 44.2 Å². The molecule has 1 atom stereocenters. The molecule has 0 amide bonds. The predicted octanol–water partition coefficient (Wildman–Crippen LogP) is 2.60. The van der Waals surface area contributed by atoms with Gasteiger partial charge in [-0.25, -0.2) is 0 Å². The van der Waals surface area contributed by atoms with Crippen LogP contribution in [0, 0.1) is 0 Å². The lowest BCUT2D eigenvalue weighted by Crippen LogP contribution is -2.25. The fourth-order valence-corrected chi connectivity index (χ4v) is 2.43. The summed E-state index contributed by atoms with van der Waals surface area (Å²) in [5.74, 6) is 0.0492. The number of benzene rings is 1. The Bertz CT molecular complexity index is 389. The van der Waals surface area contributed by atoms with Gasteiger partial charge in [-0.05, 0) is 19.4 Å². The highest BCUT2D eigenvalue weighted by Crippen LogP contribution is 2.26. The SMILES string of the molecule is CC1(C)OC[C@H](C(=O)SCc2ccccc2)O1. The third kappa shape index (κ3) is 3.56. The van der Waals surface area contributed by atoms with Crippen molar-refractivity contribution in [2.45, 2.75) is 31.5 Å². The molecular formula is C13H16O3S. The molecule has 1 aliphatic rings. The summed E-state index contributed by atoms with van der Waals surface area (Å²) >= 11 is 1.28. The summed E-state index contributed by atoms with van der Waals surface area (Å²) in [6, 6.07) is 9.93. The van der Waals surface area contributed by atoms with Crippen LogP contribution in [0.3, 0.4) is 0 Å². The Hall–Kier alpha value is -0.840. The molecule has 4 heteroatoms. The molecule has 2 rings (SSSR count). The highest BCUT2D eigenvalue weighted by molar-refractivity contribution is 8.13. The van der Waals surface area contributed by atoms with Crippen molar-refractivity contribution in [2.24, 2.45) is 0 Å². The van der Waals surface area contributed by atoms with E-state index in [1.54, 1.807) is 0 Å². The van der Waals surface area contributed by atoms with Crippen molar-refractivity contribution in [3.05, 3.63) is 35.9 Å². The lowest BCUT2D eigenvalue weighted by molar-refractivity contribution is -0.147. The van der Waals surface area contributed by atoms with Crippen molar-refractivity contribution in [3.63, 3.8) is 0 Å². The van der Waals surface area contributed by atoms with Gasteiger partial charge < -0.3 is 9.47 Å². The van der Waals surface area contributed by atoms with E-state index in [-0.39, 0.29) is 5.12 Å². The number of hydrogen-bond donors (Lipinski definition) is 0. The first-order valence-electron chi connectivity index (χ1n) is 5.59. The van der Waals surface area contributed by atoms with Crippen LogP contribution in [0.4, 0.5) is 0 Å². The highest BCUT2D eigenvalue weighted by Gasteiger charge is 2.36. The van der Waals surface area contributed by atoms with Crippen molar-refractivity contribution < 1.29 is 14.3 Å². The lowest BCUT2D eigenvalue weighted by atomic mass is 10.2. The summed E-state index contributed by atoms with van der Waals surface area (Å²) in [5, 5.41) is 0.0411. The fourth-order valence-electron chi connectivity index (χ4n) is 1.62. The highest BCUT2D eigenvalue weighted by atomic mass is 32.2. The van der Waals surface area contributed by atoms with E-state index in [0.29, 0.717) is 12.4 Å². The molecule has 0 unspecified atom stereocenters. The van der Waals surface area contributed by atoms with Crippen LogP contribution in [0.15, 0.2) is 30.3 Å². The molecule has 3 nitrogen and oxygen atoms in total. The Morgan fingerprint density at radius 3 is 2.71 bits per heavy atom. The first-order valence-corrected chi connectivity index (χ1v) is 6.58. The van der Waals surface area contributed by atoms with Crippen LogP contribution in [-0.4, -0.2) is 23.6 Å². The zero-order chi connectivity index (χ0) is 12.3. The van der Waals surface area contributed by atoms with Crippen LogP contribution in [0.2, 0.25) is 0 Å². The minimum absolute atomic E-state index is 0.0411. The molecule has 1 aliphatic heterocycles. The van der Waals surface area contributed by atoms with Crippen LogP contribution in [0.1, 0.15) is 19.4 Å². The summed E-state index contributed by atoms with van der Waals surface area (Å²) in [5.41, 5.74) is 1.14. The van der Waals surface area contributed by atoms with Gasteiger partial charge in [-0.2, -0.15) is 0 Å². The third-order valence-corrected chi connectivity index (χ3v) is 3.52. The average molecular weight is 252 g/mol. The Kier molecular flexibility index (Phi) is 3.86. The third-order valence-electron chi connectivity index (χ3n) is 2.50. The van der Waals surface area contributed by atoms with Crippen LogP contribution >= 0.6 is 11.8 Å². The van der Waals surface area contributed by atoms with Gasteiger partial charge in [0.2, 0.25) is 5.12 Å². The summed E-state index contributed by atoms with van der Waals surface area (Å²) in [4.78, 5) is 11.9. The molecule has 1 saturated heterocycles. The lowest BCUT2D eigenvalue weighted by Gasteiger charge is -2.16. The van der Waals surface area contributed by atoms with E-state index in [9.17, 15) is 4.79 Å². The number of ether oxygens (including phenoxy) is 2. The van der Waals surface area contributed by atoms with Crippen molar-refractivity contribution in [1.82, 2.24) is 0 Å².